The van der Waals surface area contributed by atoms with Crippen molar-refractivity contribution in [2.24, 2.45) is 0 Å². The van der Waals surface area contributed by atoms with Crippen molar-refractivity contribution in [3.8, 4) is 0 Å². The fraction of sp³-hybridized carbons (Fsp3) is 0.471. The molecular weight excluding hydrogens is 285 g/mol. The largest absolute Gasteiger partial charge is 0.481 e. The second-order valence-corrected chi connectivity index (χ2v) is 6.01. The predicted octanol–water partition coefficient (Wildman–Crippen LogP) is 3.66. The molecule has 2 N–H and O–H groups in total. The van der Waals surface area contributed by atoms with E-state index in [-0.39, 0.29) is 12.2 Å². The first-order chi connectivity index (χ1) is 10.5. The second-order valence-electron chi connectivity index (χ2n) is 6.01. The lowest BCUT2D eigenvalue weighted by Gasteiger charge is -2.36. The summed E-state index contributed by atoms with van der Waals surface area (Å²) in [5.41, 5.74) is 2.43. The minimum atomic E-state index is -0.905. The zero-order valence-electron chi connectivity index (χ0n) is 12.8. The van der Waals surface area contributed by atoms with Gasteiger partial charge in [0.1, 0.15) is 11.4 Å². The SMILES string of the molecule is CCCC1(CC(=O)O)OCCc2c1[nH]c1c(C)ccc(F)c21. The maximum Gasteiger partial charge on any atom is 0.306 e. The van der Waals surface area contributed by atoms with Gasteiger partial charge in [0.2, 0.25) is 0 Å². The number of benzene rings is 1. The summed E-state index contributed by atoms with van der Waals surface area (Å²) in [7, 11) is 0. The zero-order valence-corrected chi connectivity index (χ0v) is 12.8. The number of nitrogens with one attached hydrogen (secondary N) is 1. The molecule has 5 heteroatoms. The van der Waals surface area contributed by atoms with Crippen molar-refractivity contribution in [1.29, 1.82) is 0 Å². The minimum absolute atomic E-state index is 0.110. The number of fused-ring (bicyclic) bond motifs is 3. The number of carboxylic acids is 1. The Hall–Kier alpha value is -1.88. The third-order valence-electron chi connectivity index (χ3n) is 4.49. The normalized spacial score (nSPS) is 21.0. The summed E-state index contributed by atoms with van der Waals surface area (Å²) in [4.78, 5) is 14.6. The van der Waals surface area contributed by atoms with Crippen LogP contribution in [-0.2, 0) is 21.6 Å². The molecule has 2 aromatic rings. The Bertz CT molecular complexity index is 737. The highest BCUT2D eigenvalue weighted by atomic mass is 19.1. The van der Waals surface area contributed by atoms with Gasteiger partial charge in [0, 0.05) is 5.39 Å². The molecule has 0 saturated carbocycles. The lowest BCUT2D eigenvalue weighted by Crippen LogP contribution is -2.37. The number of carboxylic acid groups (broad SMARTS) is 1. The third kappa shape index (κ3) is 2.20. The number of carbonyl (C=O) groups is 1. The number of ether oxygens (including phenoxy) is 1. The van der Waals surface area contributed by atoms with E-state index in [9.17, 15) is 14.3 Å². The van der Waals surface area contributed by atoms with Crippen LogP contribution in [0.5, 0.6) is 0 Å². The van der Waals surface area contributed by atoms with Gasteiger partial charge in [0.05, 0.1) is 24.2 Å². The van der Waals surface area contributed by atoms with Crippen molar-refractivity contribution >= 4 is 16.9 Å². The zero-order chi connectivity index (χ0) is 15.9. The topological polar surface area (TPSA) is 62.3 Å². The van der Waals surface area contributed by atoms with Gasteiger partial charge in [0.15, 0.2) is 0 Å². The highest BCUT2D eigenvalue weighted by Gasteiger charge is 2.42. The molecule has 1 aliphatic rings. The first-order valence-corrected chi connectivity index (χ1v) is 7.64. The van der Waals surface area contributed by atoms with E-state index < -0.39 is 11.6 Å². The highest BCUT2D eigenvalue weighted by Crippen LogP contribution is 2.43. The van der Waals surface area contributed by atoms with Crippen molar-refractivity contribution in [3.05, 3.63) is 34.8 Å². The second kappa shape index (κ2) is 5.39. The molecule has 1 unspecified atom stereocenters. The van der Waals surface area contributed by atoms with Crippen LogP contribution in [0.15, 0.2) is 12.1 Å². The Kier molecular flexibility index (Phi) is 3.68. The molecule has 0 radical (unpaired) electrons. The van der Waals surface area contributed by atoms with Gasteiger partial charge in [-0.2, -0.15) is 0 Å². The number of rotatable bonds is 4. The monoisotopic (exact) mass is 305 g/mol. The van der Waals surface area contributed by atoms with Crippen LogP contribution in [0.1, 0.15) is 43.0 Å². The number of halogens is 1. The van der Waals surface area contributed by atoms with Crippen LogP contribution in [0.4, 0.5) is 4.39 Å². The summed E-state index contributed by atoms with van der Waals surface area (Å²) in [5, 5.41) is 9.89. The quantitative estimate of drug-likeness (QED) is 0.906. The fourth-order valence-corrected chi connectivity index (χ4v) is 3.60. The maximum atomic E-state index is 14.3. The van der Waals surface area contributed by atoms with Gasteiger partial charge >= 0.3 is 5.97 Å². The Morgan fingerprint density at radius 3 is 2.95 bits per heavy atom. The third-order valence-corrected chi connectivity index (χ3v) is 4.49. The Labute approximate surface area is 128 Å². The predicted molar refractivity (Wildman–Crippen MR) is 81.5 cm³/mol. The van der Waals surface area contributed by atoms with Crippen LogP contribution < -0.4 is 0 Å². The maximum absolute atomic E-state index is 14.3. The minimum Gasteiger partial charge on any atom is -0.481 e. The average molecular weight is 305 g/mol. The van der Waals surface area contributed by atoms with Crippen molar-refractivity contribution in [2.45, 2.75) is 45.1 Å². The lowest BCUT2D eigenvalue weighted by atomic mass is 9.84. The van der Waals surface area contributed by atoms with Gasteiger partial charge in [-0.05, 0) is 37.0 Å². The molecule has 0 amide bonds. The molecule has 0 saturated heterocycles. The summed E-state index contributed by atoms with van der Waals surface area (Å²) in [6.07, 6.45) is 1.88. The summed E-state index contributed by atoms with van der Waals surface area (Å²) in [6, 6.07) is 3.21. The first-order valence-electron chi connectivity index (χ1n) is 7.64. The number of aromatic amines is 1. The Morgan fingerprint density at radius 1 is 1.50 bits per heavy atom. The number of aryl methyl sites for hydroxylation is 1. The van der Waals surface area contributed by atoms with Crippen molar-refractivity contribution in [1.82, 2.24) is 4.98 Å². The molecule has 2 heterocycles. The molecule has 0 aliphatic carbocycles. The summed E-state index contributed by atoms with van der Waals surface area (Å²) < 4.78 is 20.2. The van der Waals surface area contributed by atoms with E-state index in [4.69, 9.17) is 4.74 Å². The molecule has 22 heavy (non-hydrogen) atoms. The van der Waals surface area contributed by atoms with E-state index in [0.717, 1.165) is 28.8 Å². The van der Waals surface area contributed by atoms with Crippen LogP contribution >= 0.6 is 0 Å². The van der Waals surface area contributed by atoms with Crippen LogP contribution in [0.25, 0.3) is 10.9 Å². The molecule has 1 aliphatic heterocycles. The molecule has 1 atom stereocenters. The van der Waals surface area contributed by atoms with Crippen molar-refractivity contribution in [2.75, 3.05) is 6.61 Å². The fourth-order valence-electron chi connectivity index (χ4n) is 3.60. The molecule has 0 spiro atoms. The van der Waals surface area contributed by atoms with Crippen molar-refractivity contribution < 1.29 is 19.0 Å². The van der Waals surface area contributed by atoms with E-state index in [2.05, 4.69) is 4.98 Å². The number of H-pyrrole nitrogens is 1. The molecule has 1 aromatic heterocycles. The van der Waals surface area contributed by atoms with Gasteiger partial charge in [-0.15, -0.1) is 0 Å². The number of aliphatic carboxylic acids is 1. The molecule has 3 rings (SSSR count). The van der Waals surface area contributed by atoms with Gasteiger partial charge in [0.25, 0.3) is 0 Å². The molecule has 0 fully saturated rings. The Morgan fingerprint density at radius 2 is 2.27 bits per heavy atom. The summed E-state index contributed by atoms with van der Waals surface area (Å²) in [5.74, 6) is -1.17. The highest BCUT2D eigenvalue weighted by molar-refractivity contribution is 5.88. The van der Waals surface area contributed by atoms with E-state index in [1.54, 1.807) is 6.07 Å². The van der Waals surface area contributed by atoms with Gasteiger partial charge < -0.3 is 14.8 Å². The number of aromatic nitrogens is 1. The Balaban J connectivity index is 2.27. The smallest absolute Gasteiger partial charge is 0.306 e. The molecule has 1 aromatic carbocycles. The van der Waals surface area contributed by atoms with Crippen LogP contribution in [0, 0.1) is 12.7 Å². The molecule has 118 valence electrons. The van der Waals surface area contributed by atoms with Gasteiger partial charge in [-0.1, -0.05) is 19.4 Å². The van der Waals surface area contributed by atoms with Gasteiger partial charge in [-0.3, -0.25) is 4.79 Å². The van der Waals surface area contributed by atoms with E-state index >= 15 is 0 Å². The van der Waals surface area contributed by atoms with Gasteiger partial charge in [-0.25, -0.2) is 4.39 Å². The summed E-state index contributed by atoms with van der Waals surface area (Å²) >= 11 is 0. The van der Waals surface area contributed by atoms with E-state index in [1.807, 2.05) is 13.8 Å². The molecular formula is C17H20FNO3. The van der Waals surface area contributed by atoms with Crippen molar-refractivity contribution in [3.63, 3.8) is 0 Å². The van der Waals surface area contributed by atoms with Crippen LogP contribution in [0.3, 0.4) is 0 Å². The number of hydrogen-bond acceptors (Lipinski definition) is 2. The van der Waals surface area contributed by atoms with E-state index in [0.29, 0.717) is 24.8 Å². The van der Waals surface area contributed by atoms with E-state index in [1.165, 1.54) is 6.07 Å². The standard InChI is InChI=1S/C17H20FNO3/c1-3-7-17(9-13(20)21)16-11(6-8-22-17)14-12(18)5-4-10(2)15(14)19-16/h4-5,19H,3,6-9H2,1-2H3,(H,20,21). The number of hydrogen-bond donors (Lipinski definition) is 2. The average Bonchev–Trinajstić information content (AvgIpc) is 2.85. The molecule has 4 nitrogen and oxygen atoms in total. The molecule has 0 bridgehead atoms. The van der Waals surface area contributed by atoms with Crippen LogP contribution in [-0.4, -0.2) is 22.7 Å². The lowest BCUT2D eigenvalue weighted by molar-refractivity contribution is -0.149. The van der Waals surface area contributed by atoms with Crippen LogP contribution in [0.2, 0.25) is 0 Å². The summed E-state index contributed by atoms with van der Waals surface area (Å²) in [6.45, 7) is 4.33. The first kappa shape index (κ1) is 15.0.